The molecule has 2 aromatic rings. The van der Waals surface area contributed by atoms with Crippen LogP contribution in [-0.4, -0.2) is 32.8 Å². The molecule has 0 radical (unpaired) electrons. The second-order valence-corrected chi connectivity index (χ2v) is 7.35. The lowest BCUT2D eigenvalue weighted by atomic mass is 10.2. The first-order chi connectivity index (χ1) is 12.7. The van der Waals surface area contributed by atoms with Gasteiger partial charge >= 0.3 is 0 Å². The zero-order valence-corrected chi connectivity index (χ0v) is 15.8. The van der Waals surface area contributed by atoms with Crippen molar-refractivity contribution < 1.29 is 22.8 Å². The minimum atomic E-state index is -4.04. The fourth-order valence-corrected chi connectivity index (χ4v) is 2.94. The summed E-state index contributed by atoms with van der Waals surface area (Å²) in [5.74, 6) is 1.04. The number of hydrazone groups is 1. The zero-order valence-electron chi connectivity index (χ0n) is 14.9. The van der Waals surface area contributed by atoms with Crippen LogP contribution in [0.15, 0.2) is 52.5 Å². The summed E-state index contributed by atoms with van der Waals surface area (Å²) in [6.45, 7) is 3.74. The number of nitrogens with one attached hydrogen (secondary N) is 1. The summed E-state index contributed by atoms with van der Waals surface area (Å²) < 4.78 is 35.3. The Bertz CT molecular complexity index is 957. The van der Waals surface area contributed by atoms with Gasteiger partial charge in [0, 0.05) is 12.1 Å². The minimum absolute atomic E-state index is 0.0709. The number of benzene rings is 2. The van der Waals surface area contributed by atoms with Crippen molar-refractivity contribution in [2.75, 3.05) is 7.11 Å². The summed E-state index contributed by atoms with van der Waals surface area (Å²) in [6, 6.07) is 9.70. The maximum absolute atomic E-state index is 12.2. The maximum atomic E-state index is 12.2. The van der Waals surface area contributed by atoms with E-state index in [1.807, 2.05) is 18.7 Å². The number of rotatable bonds is 8. The Kier molecular flexibility index (Phi) is 6.35. The van der Waals surface area contributed by atoms with Gasteiger partial charge in [-0.1, -0.05) is 6.07 Å². The molecule has 27 heavy (non-hydrogen) atoms. The zero-order chi connectivity index (χ0) is 20.0. The van der Waals surface area contributed by atoms with Gasteiger partial charge in [0.15, 0.2) is 11.5 Å². The van der Waals surface area contributed by atoms with E-state index >= 15 is 0 Å². The van der Waals surface area contributed by atoms with Crippen molar-refractivity contribution in [3.8, 4) is 11.5 Å². The van der Waals surface area contributed by atoms with Gasteiger partial charge in [0.05, 0.1) is 29.2 Å². The molecule has 0 saturated heterocycles. The van der Waals surface area contributed by atoms with Crippen molar-refractivity contribution in [3.63, 3.8) is 0 Å². The lowest BCUT2D eigenvalue weighted by Gasteiger charge is -2.13. The highest BCUT2D eigenvalue weighted by atomic mass is 32.2. The van der Waals surface area contributed by atoms with Gasteiger partial charge in [-0.05, 0) is 43.7 Å². The smallest absolute Gasteiger partial charge is 0.276 e. The molecule has 0 bridgehead atoms. The van der Waals surface area contributed by atoms with E-state index in [-0.39, 0.29) is 16.7 Å². The molecule has 0 aliphatic rings. The van der Waals surface area contributed by atoms with Gasteiger partial charge in [-0.2, -0.15) is 13.5 Å². The number of sulfonamides is 1. The third kappa shape index (κ3) is 5.42. The fraction of sp³-hybridized carbons (Fsp3) is 0.235. The average molecular weight is 393 g/mol. The van der Waals surface area contributed by atoms with Crippen molar-refractivity contribution in [2.45, 2.75) is 24.8 Å². The van der Waals surface area contributed by atoms with Gasteiger partial charge in [0.25, 0.3) is 15.7 Å². The molecule has 0 unspecified atom stereocenters. The number of hydrogen-bond acceptors (Lipinski definition) is 7. The second kappa shape index (κ2) is 8.49. The third-order valence-electron chi connectivity index (χ3n) is 3.28. The first-order valence-electron chi connectivity index (χ1n) is 7.87. The molecule has 2 rings (SSSR count). The molecule has 0 aromatic heterocycles. The SMILES string of the molecule is COc1ccc(/C=N/NS(=O)(=O)c2cccc([N+](=O)[O-])c2)cc1OC(C)C. The molecule has 0 atom stereocenters. The van der Waals surface area contributed by atoms with Crippen LogP contribution in [0.4, 0.5) is 5.69 Å². The van der Waals surface area contributed by atoms with Gasteiger partial charge in [-0.3, -0.25) is 10.1 Å². The summed E-state index contributed by atoms with van der Waals surface area (Å²) in [5.41, 5.74) is 0.251. The van der Waals surface area contributed by atoms with Crippen molar-refractivity contribution in [2.24, 2.45) is 5.10 Å². The van der Waals surface area contributed by atoms with Crippen LogP contribution >= 0.6 is 0 Å². The Morgan fingerprint density at radius 2 is 1.93 bits per heavy atom. The lowest BCUT2D eigenvalue weighted by molar-refractivity contribution is -0.385. The summed E-state index contributed by atoms with van der Waals surface area (Å²) in [4.78, 5) is 11.9. The molecule has 0 fully saturated rings. The van der Waals surface area contributed by atoms with E-state index in [0.717, 1.165) is 6.07 Å². The van der Waals surface area contributed by atoms with Gasteiger partial charge in [0.2, 0.25) is 0 Å². The van der Waals surface area contributed by atoms with Crippen LogP contribution in [0, 0.1) is 10.1 Å². The Morgan fingerprint density at radius 1 is 1.19 bits per heavy atom. The predicted octanol–water partition coefficient (Wildman–Crippen LogP) is 2.70. The van der Waals surface area contributed by atoms with E-state index in [1.165, 1.54) is 31.5 Å². The number of hydrogen-bond donors (Lipinski definition) is 1. The van der Waals surface area contributed by atoms with Gasteiger partial charge in [0.1, 0.15) is 0 Å². The lowest BCUT2D eigenvalue weighted by Crippen LogP contribution is -2.18. The fourth-order valence-electron chi connectivity index (χ4n) is 2.11. The van der Waals surface area contributed by atoms with Crippen molar-refractivity contribution in [1.29, 1.82) is 0 Å². The molecule has 2 aromatic carbocycles. The quantitative estimate of drug-likeness (QED) is 0.418. The number of non-ortho nitro benzene ring substituents is 1. The van der Waals surface area contributed by atoms with E-state index in [0.29, 0.717) is 17.1 Å². The third-order valence-corrected chi connectivity index (χ3v) is 4.50. The van der Waals surface area contributed by atoms with Crippen LogP contribution in [0.25, 0.3) is 0 Å². The molecule has 9 nitrogen and oxygen atoms in total. The van der Waals surface area contributed by atoms with Crippen LogP contribution in [0.3, 0.4) is 0 Å². The summed E-state index contributed by atoms with van der Waals surface area (Å²) in [7, 11) is -2.52. The van der Waals surface area contributed by atoms with Crippen molar-refractivity contribution >= 4 is 21.9 Å². The monoisotopic (exact) mass is 393 g/mol. The number of nitro benzene ring substituents is 1. The van der Waals surface area contributed by atoms with Crippen molar-refractivity contribution in [1.82, 2.24) is 4.83 Å². The van der Waals surface area contributed by atoms with Gasteiger partial charge in [-0.15, -0.1) is 0 Å². The normalized spacial score (nSPS) is 11.6. The largest absolute Gasteiger partial charge is 0.493 e. The predicted molar refractivity (Wildman–Crippen MR) is 99.8 cm³/mol. The van der Waals surface area contributed by atoms with Crippen LogP contribution in [0.5, 0.6) is 11.5 Å². The highest BCUT2D eigenvalue weighted by Crippen LogP contribution is 2.28. The first-order valence-corrected chi connectivity index (χ1v) is 9.35. The highest BCUT2D eigenvalue weighted by Gasteiger charge is 2.16. The standard InChI is InChI=1S/C17H19N3O6S/c1-12(2)26-17-9-13(7-8-16(17)25-3)11-18-19-27(23,24)15-6-4-5-14(10-15)20(21)22/h4-12,19H,1-3H3/b18-11+. The van der Waals surface area contributed by atoms with E-state index in [9.17, 15) is 18.5 Å². The molecule has 144 valence electrons. The number of nitro groups is 1. The highest BCUT2D eigenvalue weighted by molar-refractivity contribution is 7.89. The van der Waals surface area contributed by atoms with E-state index in [2.05, 4.69) is 5.10 Å². The number of ether oxygens (including phenoxy) is 2. The molecule has 10 heteroatoms. The Morgan fingerprint density at radius 3 is 2.56 bits per heavy atom. The summed E-state index contributed by atoms with van der Waals surface area (Å²) >= 11 is 0. The minimum Gasteiger partial charge on any atom is -0.493 e. The molecule has 0 spiro atoms. The Labute approximate surface area is 156 Å². The molecular weight excluding hydrogens is 374 g/mol. The molecule has 0 aliphatic carbocycles. The number of methoxy groups -OCH3 is 1. The number of nitrogens with zero attached hydrogens (tertiary/aromatic N) is 2. The van der Waals surface area contributed by atoms with E-state index in [1.54, 1.807) is 18.2 Å². The second-order valence-electron chi connectivity index (χ2n) is 5.68. The molecule has 0 heterocycles. The molecule has 1 N–H and O–H groups in total. The van der Waals surface area contributed by atoms with Gasteiger partial charge < -0.3 is 9.47 Å². The van der Waals surface area contributed by atoms with E-state index in [4.69, 9.17) is 9.47 Å². The van der Waals surface area contributed by atoms with Crippen LogP contribution in [0.2, 0.25) is 0 Å². The first kappa shape index (κ1) is 20.2. The summed E-state index contributed by atoms with van der Waals surface area (Å²) in [5, 5.41) is 14.5. The molecular formula is C17H19N3O6S. The topological polar surface area (TPSA) is 120 Å². The van der Waals surface area contributed by atoms with Gasteiger partial charge in [-0.25, -0.2) is 4.83 Å². The van der Waals surface area contributed by atoms with Crippen molar-refractivity contribution in [3.05, 3.63) is 58.1 Å². The molecule has 0 saturated carbocycles. The van der Waals surface area contributed by atoms with Crippen LogP contribution in [0.1, 0.15) is 19.4 Å². The molecule has 0 amide bonds. The average Bonchev–Trinajstić information content (AvgIpc) is 2.61. The Balaban J connectivity index is 2.19. The van der Waals surface area contributed by atoms with E-state index < -0.39 is 14.9 Å². The maximum Gasteiger partial charge on any atom is 0.276 e. The van der Waals surface area contributed by atoms with Crippen LogP contribution < -0.4 is 14.3 Å². The van der Waals surface area contributed by atoms with Crippen LogP contribution in [-0.2, 0) is 10.0 Å². The Hall–Kier alpha value is -3.14. The summed E-state index contributed by atoms with van der Waals surface area (Å²) in [6.07, 6.45) is 1.22. The molecule has 0 aliphatic heterocycles.